The number of hydrogen-bond donors (Lipinski definition) is 3. The molecule has 1 aromatic rings. The molecule has 0 spiro atoms. The second kappa shape index (κ2) is 8.25. The van der Waals surface area contributed by atoms with Gasteiger partial charge in [0.15, 0.2) is 0 Å². The monoisotopic (exact) mass is 268 g/mol. The van der Waals surface area contributed by atoms with Crippen LogP contribution >= 0.6 is 0 Å². The molecule has 0 aliphatic carbocycles. The molecule has 0 aliphatic heterocycles. The van der Waals surface area contributed by atoms with Crippen molar-refractivity contribution in [2.75, 3.05) is 37.4 Å². The van der Waals surface area contributed by atoms with Gasteiger partial charge < -0.3 is 20.5 Å². The van der Waals surface area contributed by atoms with Crippen molar-refractivity contribution in [2.45, 2.75) is 19.8 Å². The van der Waals surface area contributed by atoms with Crippen molar-refractivity contribution in [3.63, 3.8) is 0 Å². The highest BCUT2D eigenvalue weighted by atomic mass is 16.5. The highest BCUT2D eigenvalue weighted by molar-refractivity contribution is 5.66. The van der Waals surface area contributed by atoms with Crippen molar-refractivity contribution in [3.8, 4) is 0 Å². The van der Waals surface area contributed by atoms with E-state index in [2.05, 4.69) is 20.6 Å². The Hall–Kier alpha value is -1.89. The van der Waals surface area contributed by atoms with Crippen molar-refractivity contribution in [2.24, 2.45) is 0 Å². The summed E-state index contributed by atoms with van der Waals surface area (Å²) < 4.78 is 4.95. The number of nitrogens with one attached hydrogen (secondary N) is 2. The first-order valence-corrected chi connectivity index (χ1v) is 6.16. The molecule has 0 fully saturated rings. The number of aliphatic carboxylic acids is 1. The zero-order chi connectivity index (χ0) is 14.1. The third kappa shape index (κ3) is 6.56. The molecule has 106 valence electrons. The van der Waals surface area contributed by atoms with Gasteiger partial charge in [-0.3, -0.25) is 4.79 Å². The number of aryl methyl sites for hydroxylation is 1. The Kier molecular flexibility index (Phi) is 6.59. The van der Waals surface area contributed by atoms with E-state index in [0.29, 0.717) is 37.8 Å². The highest BCUT2D eigenvalue weighted by Gasteiger charge is 2.02. The van der Waals surface area contributed by atoms with E-state index >= 15 is 0 Å². The standard InChI is InChI=1S/C12H20N4O3/c1-9-15-10(13-5-3-4-12(17)18)8-11(16-9)14-6-7-19-2/h8H,3-7H2,1-2H3,(H,17,18)(H2,13,14,15,16). The lowest BCUT2D eigenvalue weighted by atomic mass is 10.3. The van der Waals surface area contributed by atoms with E-state index in [9.17, 15) is 4.79 Å². The normalized spacial score (nSPS) is 10.2. The van der Waals surface area contributed by atoms with Gasteiger partial charge in [-0.2, -0.15) is 0 Å². The van der Waals surface area contributed by atoms with Gasteiger partial charge in [0, 0.05) is 32.7 Å². The third-order valence-corrected chi connectivity index (χ3v) is 2.32. The summed E-state index contributed by atoms with van der Waals surface area (Å²) in [6.45, 7) is 3.65. The van der Waals surface area contributed by atoms with Crippen molar-refractivity contribution in [3.05, 3.63) is 11.9 Å². The van der Waals surface area contributed by atoms with Gasteiger partial charge in [0.1, 0.15) is 17.5 Å². The Balaban J connectivity index is 2.46. The fourth-order valence-corrected chi connectivity index (χ4v) is 1.49. The van der Waals surface area contributed by atoms with Crippen LogP contribution in [0.5, 0.6) is 0 Å². The van der Waals surface area contributed by atoms with Crippen LogP contribution in [0.3, 0.4) is 0 Å². The third-order valence-electron chi connectivity index (χ3n) is 2.32. The number of hydrogen-bond acceptors (Lipinski definition) is 6. The van der Waals surface area contributed by atoms with Crippen molar-refractivity contribution < 1.29 is 14.6 Å². The van der Waals surface area contributed by atoms with E-state index in [1.807, 2.05) is 6.92 Å². The van der Waals surface area contributed by atoms with Gasteiger partial charge in [-0.15, -0.1) is 0 Å². The van der Waals surface area contributed by atoms with Crippen LogP contribution in [0.4, 0.5) is 11.6 Å². The molecule has 0 bridgehead atoms. The summed E-state index contributed by atoms with van der Waals surface area (Å²) in [4.78, 5) is 18.9. The van der Waals surface area contributed by atoms with Crippen LogP contribution in [-0.4, -0.2) is 47.8 Å². The maximum absolute atomic E-state index is 10.4. The van der Waals surface area contributed by atoms with E-state index in [1.165, 1.54) is 0 Å². The van der Waals surface area contributed by atoms with E-state index in [-0.39, 0.29) is 6.42 Å². The second-order valence-corrected chi connectivity index (χ2v) is 4.03. The van der Waals surface area contributed by atoms with Crippen molar-refractivity contribution in [1.29, 1.82) is 0 Å². The number of nitrogens with zero attached hydrogens (tertiary/aromatic N) is 2. The molecule has 7 heteroatoms. The van der Waals surface area contributed by atoms with E-state index in [4.69, 9.17) is 9.84 Å². The molecule has 7 nitrogen and oxygen atoms in total. The minimum Gasteiger partial charge on any atom is -0.481 e. The fourth-order valence-electron chi connectivity index (χ4n) is 1.49. The number of carbonyl (C=O) groups is 1. The Morgan fingerprint density at radius 1 is 1.32 bits per heavy atom. The summed E-state index contributed by atoms with van der Waals surface area (Å²) in [5.74, 6) is 1.29. The quantitative estimate of drug-likeness (QED) is 0.577. The lowest BCUT2D eigenvalue weighted by Crippen LogP contribution is -2.11. The molecule has 0 saturated heterocycles. The Morgan fingerprint density at radius 2 is 1.95 bits per heavy atom. The van der Waals surface area contributed by atoms with Gasteiger partial charge in [-0.25, -0.2) is 9.97 Å². The smallest absolute Gasteiger partial charge is 0.303 e. The van der Waals surface area contributed by atoms with E-state index in [0.717, 1.165) is 5.82 Å². The average Bonchev–Trinajstić information content (AvgIpc) is 2.34. The molecular formula is C12H20N4O3. The lowest BCUT2D eigenvalue weighted by molar-refractivity contribution is -0.137. The second-order valence-electron chi connectivity index (χ2n) is 4.03. The topological polar surface area (TPSA) is 96.4 Å². The van der Waals surface area contributed by atoms with E-state index < -0.39 is 5.97 Å². The lowest BCUT2D eigenvalue weighted by Gasteiger charge is -2.09. The zero-order valence-electron chi connectivity index (χ0n) is 11.3. The summed E-state index contributed by atoms with van der Waals surface area (Å²) in [6.07, 6.45) is 0.709. The molecule has 0 unspecified atom stereocenters. The molecule has 0 amide bonds. The molecule has 19 heavy (non-hydrogen) atoms. The molecule has 0 radical (unpaired) electrons. The molecule has 0 atom stereocenters. The van der Waals surface area contributed by atoms with Gasteiger partial charge in [-0.05, 0) is 13.3 Å². The minimum atomic E-state index is -0.789. The first-order valence-electron chi connectivity index (χ1n) is 6.16. The molecule has 0 aliphatic rings. The van der Waals surface area contributed by atoms with Crippen LogP contribution in [0, 0.1) is 6.92 Å². The predicted octanol–water partition coefficient (Wildman–Crippen LogP) is 1.12. The van der Waals surface area contributed by atoms with Crippen molar-refractivity contribution >= 4 is 17.6 Å². The van der Waals surface area contributed by atoms with Gasteiger partial charge >= 0.3 is 5.97 Å². The Bertz CT molecular complexity index is 412. The molecule has 0 aromatic carbocycles. The number of rotatable bonds is 9. The van der Waals surface area contributed by atoms with Crippen LogP contribution in [0.15, 0.2) is 6.07 Å². The van der Waals surface area contributed by atoms with Gasteiger partial charge in [-0.1, -0.05) is 0 Å². The average molecular weight is 268 g/mol. The molecule has 3 N–H and O–H groups in total. The Morgan fingerprint density at radius 3 is 2.53 bits per heavy atom. The van der Waals surface area contributed by atoms with Crippen LogP contribution in [0.25, 0.3) is 0 Å². The first kappa shape index (κ1) is 15.2. The summed E-state index contributed by atoms with van der Waals surface area (Å²) >= 11 is 0. The maximum Gasteiger partial charge on any atom is 0.303 e. The molecule has 1 heterocycles. The Labute approximate surface area is 112 Å². The van der Waals surface area contributed by atoms with Crippen molar-refractivity contribution in [1.82, 2.24) is 9.97 Å². The number of carboxylic acids is 1. The van der Waals surface area contributed by atoms with Gasteiger partial charge in [0.25, 0.3) is 0 Å². The molecular weight excluding hydrogens is 248 g/mol. The maximum atomic E-state index is 10.4. The highest BCUT2D eigenvalue weighted by Crippen LogP contribution is 2.10. The predicted molar refractivity (Wildman–Crippen MR) is 72.5 cm³/mol. The van der Waals surface area contributed by atoms with Crippen LogP contribution in [0.1, 0.15) is 18.7 Å². The van der Waals surface area contributed by atoms with E-state index in [1.54, 1.807) is 13.2 Å². The first-order chi connectivity index (χ1) is 9.11. The largest absolute Gasteiger partial charge is 0.481 e. The summed E-state index contributed by atoms with van der Waals surface area (Å²) in [5.41, 5.74) is 0. The minimum absolute atomic E-state index is 0.149. The summed E-state index contributed by atoms with van der Waals surface area (Å²) in [6, 6.07) is 1.80. The molecule has 1 aromatic heterocycles. The van der Waals surface area contributed by atoms with Crippen LogP contribution < -0.4 is 10.6 Å². The number of aromatic nitrogens is 2. The zero-order valence-corrected chi connectivity index (χ0v) is 11.3. The number of carboxylic acid groups (broad SMARTS) is 1. The van der Waals surface area contributed by atoms with Gasteiger partial charge in [0.05, 0.1) is 6.61 Å². The van der Waals surface area contributed by atoms with Crippen LogP contribution in [0.2, 0.25) is 0 Å². The van der Waals surface area contributed by atoms with Gasteiger partial charge in [0.2, 0.25) is 0 Å². The summed E-state index contributed by atoms with van der Waals surface area (Å²) in [7, 11) is 1.64. The molecule has 1 rings (SSSR count). The number of anilines is 2. The fraction of sp³-hybridized carbons (Fsp3) is 0.583. The SMILES string of the molecule is COCCNc1cc(NCCCC(=O)O)nc(C)n1. The summed E-state index contributed by atoms with van der Waals surface area (Å²) in [5, 5.41) is 14.8. The van der Waals surface area contributed by atoms with Crippen LogP contribution in [-0.2, 0) is 9.53 Å². The number of ether oxygens (including phenoxy) is 1. The number of methoxy groups -OCH3 is 1. The molecule has 0 saturated carbocycles.